The molecule has 0 atom stereocenters. The summed E-state index contributed by atoms with van der Waals surface area (Å²) in [4.78, 5) is 0. The molecule has 1 aliphatic carbocycles. The van der Waals surface area contributed by atoms with Crippen molar-refractivity contribution < 1.29 is 5.11 Å². The number of nitrogens with two attached hydrogens (primary N) is 1. The first-order valence-electron chi connectivity index (χ1n) is 5.34. The average molecular weight is 209 g/mol. The van der Waals surface area contributed by atoms with Gasteiger partial charge in [-0.2, -0.15) is 5.10 Å². The highest BCUT2D eigenvalue weighted by molar-refractivity contribution is 5.23. The van der Waals surface area contributed by atoms with Gasteiger partial charge in [-0.25, -0.2) is 0 Å². The Morgan fingerprint density at radius 2 is 2.13 bits per heavy atom. The fourth-order valence-electron chi connectivity index (χ4n) is 1.96. The van der Waals surface area contributed by atoms with Gasteiger partial charge < -0.3 is 10.8 Å². The second kappa shape index (κ2) is 3.06. The van der Waals surface area contributed by atoms with Crippen LogP contribution >= 0.6 is 0 Å². The summed E-state index contributed by atoms with van der Waals surface area (Å²) in [6, 6.07) is 0. The molecule has 1 aliphatic rings. The zero-order chi connectivity index (χ0) is 11.3. The van der Waals surface area contributed by atoms with E-state index < -0.39 is 0 Å². The fourth-order valence-corrected chi connectivity index (χ4v) is 1.96. The van der Waals surface area contributed by atoms with E-state index in [0.717, 1.165) is 5.56 Å². The third-order valence-corrected chi connectivity index (χ3v) is 3.04. The van der Waals surface area contributed by atoms with Crippen LogP contribution in [-0.4, -0.2) is 21.0 Å². The van der Waals surface area contributed by atoms with E-state index in [1.807, 2.05) is 17.1 Å². The lowest BCUT2D eigenvalue weighted by molar-refractivity contribution is 0.0208. The highest BCUT2D eigenvalue weighted by atomic mass is 16.3. The Labute approximate surface area is 90.1 Å². The van der Waals surface area contributed by atoms with Crippen LogP contribution in [0.2, 0.25) is 0 Å². The summed E-state index contributed by atoms with van der Waals surface area (Å²) in [6.45, 7) is 6.30. The number of hydrogen-bond acceptors (Lipinski definition) is 3. The smallest absolute Gasteiger partial charge is 0.0582 e. The minimum atomic E-state index is -0.358. The molecule has 0 aromatic carbocycles. The monoisotopic (exact) mass is 209 g/mol. The Hall–Kier alpha value is -0.870. The minimum absolute atomic E-state index is 0.0169. The molecular formula is C11H19N3O. The molecule has 84 valence electrons. The van der Waals surface area contributed by atoms with Crippen molar-refractivity contribution in [3.63, 3.8) is 0 Å². The van der Waals surface area contributed by atoms with Crippen molar-refractivity contribution in [2.45, 2.75) is 50.8 Å². The van der Waals surface area contributed by atoms with E-state index in [1.165, 1.54) is 0 Å². The molecule has 15 heavy (non-hydrogen) atoms. The average Bonchev–Trinajstić information content (AvgIpc) is 2.47. The van der Waals surface area contributed by atoms with Crippen LogP contribution < -0.4 is 5.73 Å². The first-order chi connectivity index (χ1) is 6.81. The van der Waals surface area contributed by atoms with Gasteiger partial charge in [0.15, 0.2) is 0 Å². The molecule has 1 fully saturated rings. The molecule has 0 spiro atoms. The summed E-state index contributed by atoms with van der Waals surface area (Å²) < 4.78 is 1.92. The number of hydrogen-bond donors (Lipinski definition) is 2. The number of aliphatic hydroxyl groups is 1. The van der Waals surface area contributed by atoms with Gasteiger partial charge in [0.1, 0.15) is 0 Å². The van der Waals surface area contributed by atoms with Gasteiger partial charge in [0.2, 0.25) is 0 Å². The van der Waals surface area contributed by atoms with Crippen molar-refractivity contribution in [3.05, 3.63) is 18.0 Å². The molecule has 0 bridgehead atoms. The van der Waals surface area contributed by atoms with Crippen LogP contribution in [0.1, 0.15) is 39.2 Å². The normalized spacial score (nSPS) is 31.4. The second-order valence-corrected chi connectivity index (χ2v) is 5.56. The van der Waals surface area contributed by atoms with Crippen LogP contribution in [0.4, 0.5) is 0 Å². The zero-order valence-electron chi connectivity index (χ0n) is 9.57. The molecule has 0 amide bonds. The number of aromatic nitrogens is 2. The first-order valence-corrected chi connectivity index (χ1v) is 5.34. The van der Waals surface area contributed by atoms with Crippen molar-refractivity contribution in [3.8, 4) is 0 Å². The topological polar surface area (TPSA) is 64.1 Å². The van der Waals surface area contributed by atoms with Crippen LogP contribution in [0.15, 0.2) is 12.4 Å². The van der Waals surface area contributed by atoms with E-state index in [0.29, 0.717) is 12.8 Å². The van der Waals surface area contributed by atoms with Crippen molar-refractivity contribution in [1.29, 1.82) is 0 Å². The van der Waals surface area contributed by atoms with E-state index in [1.54, 1.807) is 0 Å². The molecule has 0 aliphatic heterocycles. The van der Waals surface area contributed by atoms with Gasteiger partial charge >= 0.3 is 0 Å². The largest absolute Gasteiger partial charge is 0.393 e. The Balaban J connectivity index is 2.21. The van der Waals surface area contributed by atoms with E-state index >= 15 is 0 Å². The molecule has 2 rings (SSSR count). The van der Waals surface area contributed by atoms with Crippen LogP contribution in [0.25, 0.3) is 0 Å². The molecule has 0 radical (unpaired) electrons. The Kier molecular flexibility index (Phi) is 2.17. The SMILES string of the molecule is CC(C)(C)n1cc(C2(N)CC(O)C2)cn1. The molecule has 1 aromatic heterocycles. The van der Waals surface area contributed by atoms with E-state index in [4.69, 9.17) is 5.73 Å². The number of rotatable bonds is 1. The maximum absolute atomic E-state index is 9.30. The Bertz CT molecular complexity index is 358. The van der Waals surface area contributed by atoms with Crippen molar-refractivity contribution in [1.82, 2.24) is 9.78 Å². The highest BCUT2D eigenvalue weighted by Gasteiger charge is 2.42. The fraction of sp³-hybridized carbons (Fsp3) is 0.727. The van der Waals surface area contributed by atoms with E-state index in [-0.39, 0.29) is 17.2 Å². The maximum atomic E-state index is 9.30. The van der Waals surface area contributed by atoms with Gasteiger partial charge in [0.25, 0.3) is 0 Å². The molecule has 0 saturated heterocycles. The van der Waals surface area contributed by atoms with Crippen LogP contribution in [-0.2, 0) is 11.1 Å². The third kappa shape index (κ3) is 1.79. The van der Waals surface area contributed by atoms with E-state index in [2.05, 4.69) is 25.9 Å². The summed E-state index contributed by atoms with van der Waals surface area (Å²) in [7, 11) is 0. The van der Waals surface area contributed by atoms with Gasteiger partial charge in [-0.3, -0.25) is 4.68 Å². The van der Waals surface area contributed by atoms with Crippen LogP contribution in [0, 0.1) is 0 Å². The lowest BCUT2D eigenvalue weighted by Crippen LogP contribution is -2.51. The highest BCUT2D eigenvalue weighted by Crippen LogP contribution is 2.39. The summed E-state index contributed by atoms with van der Waals surface area (Å²) in [5.41, 5.74) is 6.81. The maximum Gasteiger partial charge on any atom is 0.0582 e. The Morgan fingerprint density at radius 3 is 2.53 bits per heavy atom. The van der Waals surface area contributed by atoms with Crippen molar-refractivity contribution >= 4 is 0 Å². The van der Waals surface area contributed by atoms with Gasteiger partial charge in [-0.15, -0.1) is 0 Å². The molecule has 4 nitrogen and oxygen atoms in total. The minimum Gasteiger partial charge on any atom is -0.393 e. The van der Waals surface area contributed by atoms with Gasteiger partial charge in [-0.05, 0) is 33.6 Å². The Morgan fingerprint density at radius 1 is 1.53 bits per heavy atom. The van der Waals surface area contributed by atoms with Crippen molar-refractivity contribution in [2.75, 3.05) is 0 Å². The van der Waals surface area contributed by atoms with Gasteiger partial charge in [0, 0.05) is 17.3 Å². The van der Waals surface area contributed by atoms with Gasteiger partial charge in [0.05, 0.1) is 17.8 Å². The van der Waals surface area contributed by atoms with Crippen molar-refractivity contribution in [2.24, 2.45) is 5.73 Å². The standard InChI is InChI=1S/C11H19N3O/c1-10(2,3)14-7-8(6-13-14)11(12)4-9(15)5-11/h6-7,9,15H,4-5,12H2,1-3H3. The van der Waals surface area contributed by atoms with Crippen LogP contribution in [0.3, 0.4) is 0 Å². The third-order valence-electron chi connectivity index (χ3n) is 3.04. The molecule has 3 N–H and O–H groups in total. The zero-order valence-corrected chi connectivity index (χ0v) is 9.57. The molecule has 4 heteroatoms. The molecular weight excluding hydrogens is 190 g/mol. The summed E-state index contributed by atoms with van der Waals surface area (Å²) in [6.07, 6.45) is 4.85. The lowest BCUT2D eigenvalue weighted by atomic mass is 9.71. The van der Waals surface area contributed by atoms with E-state index in [9.17, 15) is 5.11 Å². The molecule has 1 saturated carbocycles. The molecule has 1 aromatic rings. The predicted molar refractivity (Wildman–Crippen MR) is 58.3 cm³/mol. The summed E-state index contributed by atoms with van der Waals surface area (Å²) in [5, 5.41) is 13.6. The number of nitrogens with zero attached hydrogens (tertiary/aromatic N) is 2. The second-order valence-electron chi connectivity index (χ2n) is 5.56. The predicted octanol–water partition coefficient (Wildman–Crippen LogP) is 0.947. The lowest BCUT2D eigenvalue weighted by Gasteiger charge is -2.41. The quantitative estimate of drug-likeness (QED) is 0.723. The van der Waals surface area contributed by atoms with Crippen LogP contribution in [0.5, 0.6) is 0 Å². The first kappa shape index (κ1) is 10.6. The number of aliphatic hydroxyl groups excluding tert-OH is 1. The van der Waals surface area contributed by atoms with Gasteiger partial charge in [-0.1, -0.05) is 0 Å². The summed E-state index contributed by atoms with van der Waals surface area (Å²) in [5.74, 6) is 0. The molecule has 0 unspecified atom stereocenters. The molecule has 1 heterocycles. The summed E-state index contributed by atoms with van der Waals surface area (Å²) >= 11 is 0.